The van der Waals surface area contributed by atoms with E-state index in [1.54, 1.807) is 11.0 Å². The first-order chi connectivity index (χ1) is 13.5. The van der Waals surface area contributed by atoms with Gasteiger partial charge < -0.3 is 9.64 Å². The predicted octanol–water partition coefficient (Wildman–Crippen LogP) is 2.36. The molecule has 28 heavy (non-hydrogen) atoms. The van der Waals surface area contributed by atoms with Crippen molar-refractivity contribution in [1.82, 2.24) is 9.21 Å². The summed E-state index contributed by atoms with van der Waals surface area (Å²) in [4.78, 5) is 14.6. The van der Waals surface area contributed by atoms with Crippen molar-refractivity contribution in [2.24, 2.45) is 0 Å². The molecule has 1 aromatic rings. The van der Waals surface area contributed by atoms with Gasteiger partial charge in [-0.25, -0.2) is 8.42 Å². The number of hydrogen-bond donors (Lipinski definition) is 0. The van der Waals surface area contributed by atoms with Crippen LogP contribution in [0.25, 0.3) is 0 Å². The molecule has 1 aromatic carbocycles. The fourth-order valence-corrected chi connectivity index (χ4v) is 5.99. The summed E-state index contributed by atoms with van der Waals surface area (Å²) >= 11 is 0. The molecule has 1 amide bonds. The van der Waals surface area contributed by atoms with Crippen LogP contribution < -0.4 is 0 Å². The average molecular weight is 407 g/mol. The van der Waals surface area contributed by atoms with E-state index in [1.165, 1.54) is 21.9 Å². The summed E-state index contributed by atoms with van der Waals surface area (Å²) in [6.45, 7) is 2.47. The Labute approximate surface area is 167 Å². The highest BCUT2D eigenvalue weighted by Gasteiger charge is 2.31. The molecule has 2 aliphatic heterocycles. The van der Waals surface area contributed by atoms with Crippen LogP contribution in [0.15, 0.2) is 23.1 Å². The fourth-order valence-electron chi connectivity index (χ4n) is 4.51. The van der Waals surface area contributed by atoms with Crippen LogP contribution in [-0.2, 0) is 32.4 Å². The smallest absolute Gasteiger partial charge is 0.243 e. The topological polar surface area (TPSA) is 66.9 Å². The standard InChI is InChI=1S/C21H30N2O4S/c24-21(10-8-19-6-3-15-27-19)22-11-13-23(14-12-22)28(25,26)20-9-7-17-4-1-2-5-18(17)16-20/h7,9,16,19H,1-6,8,10-15H2. The van der Waals surface area contributed by atoms with Gasteiger partial charge >= 0.3 is 0 Å². The molecule has 4 rings (SSSR count). The molecule has 154 valence electrons. The Morgan fingerprint density at radius 3 is 2.50 bits per heavy atom. The summed E-state index contributed by atoms with van der Waals surface area (Å²) in [5.74, 6) is 0.112. The number of rotatable bonds is 5. The van der Waals surface area contributed by atoms with E-state index in [9.17, 15) is 13.2 Å². The minimum atomic E-state index is -3.49. The predicted molar refractivity (Wildman–Crippen MR) is 107 cm³/mol. The average Bonchev–Trinajstić information content (AvgIpc) is 3.25. The van der Waals surface area contributed by atoms with Crippen molar-refractivity contribution in [3.63, 3.8) is 0 Å². The first kappa shape index (κ1) is 19.9. The lowest BCUT2D eigenvalue weighted by Crippen LogP contribution is -2.50. The minimum absolute atomic E-state index is 0.112. The van der Waals surface area contributed by atoms with Crippen molar-refractivity contribution in [3.05, 3.63) is 29.3 Å². The molecule has 2 fully saturated rings. The number of fused-ring (bicyclic) bond motifs is 1. The molecular weight excluding hydrogens is 376 g/mol. The highest BCUT2D eigenvalue weighted by Crippen LogP contribution is 2.26. The number of aryl methyl sites for hydroxylation is 2. The number of carbonyl (C=O) groups excluding carboxylic acids is 1. The Morgan fingerprint density at radius 1 is 1.04 bits per heavy atom. The highest BCUT2D eigenvalue weighted by molar-refractivity contribution is 7.89. The lowest BCUT2D eigenvalue weighted by Gasteiger charge is -2.34. The molecule has 2 heterocycles. The van der Waals surface area contributed by atoms with Gasteiger partial charge in [0.25, 0.3) is 0 Å². The van der Waals surface area contributed by atoms with E-state index in [0.717, 1.165) is 45.1 Å². The summed E-state index contributed by atoms with van der Waals surface area (Å²) in [5.41, 5.74) is 2.46. The second-order valence-corrected chi connectivity index (χ2v) is 10.0. The maximum absolute atomic E-state index is 13.1. The molecule has 7 heteroatoms. The quantitative estimate of drug-likeness (QED) is 0.753. The molecule has 0 N–H and O–H groups in total. The van der Waals surface area contributed by atoms with Gasteiger partial charge in [0, 0.05) is 39.2 Å². The fraction of sp³-hybridized carbons (Fsp3) is 0.667. The van der Waals surface area contributed by atoms with E-state index in [2.05, 4.69) is 0 Å². The Balaban J connectivity index is 1.34. The molecule has 2 saturated heterocycles. The van der Waals surface area contributed by atoms with E-state index in [4.69, 9.17) is 4.74 Å². The summed E-state index contributed by atoms with van der Waals surface area (Å²) in [7, 11) is -3.49. The van der Waals surface area contributed by atoms with E-state index in [-0.39, 0.29) is 12.0 Å². The van der Waals surface area contributed by atoms with Gasteiger partial charge in [0.15, 0.2) is 0 Å². The van der Waals surface area contributed by atoms with Crippen LogP contribution in [0.2, 0.25) is 0 Å². The summed E-state index contributed by atoms with van der Waals surface area (Å²) in [5, 5.41) is 0. The minimum Gasteiger partial charge on any atom is -0.378 e. The van der Waals surface area contributed by atoms with E-state index < -0.39 is 10.0 Å². The van der Waals surface area contributed by atoms with Crippen LogP contribution in [0.4, 0.5) is 0 Å². The zero-order chi connectivity index (χ0) is 19.6. The molecule has 0 bridgehead atoms. The van der Waals surface area contributed by atoms with E-state index in [0.29, 0.717) is 37.5 Å². The Bertz CT molecular complexity index is 810. The molecule has 1 unspecified atom stereocenters. The van der Waals surface area contributed by atoms with Crippen LogP contribution in [0.1, 0.15) is 49.7 Å². The SMILES string of the molecule is O=C(CCC1CCCO1)N1CCN(S(=O)(=O)c2ccc3c(c2)CCCC3)CC1. The second kappa shape index (κ2) is 8.51. The van der Waals surface area contributed by atoms with Gasteiger partial charge in [-0.05, 0) is 68.2 Å². The van der Waals surface area contributed by atoms with Crippen molar-refractivity contribution >= 4 is 15.9 Å². The second-order valence-electron chi connectivity index (χ2n) is 8.10. The number of sulfonamides is 1. The molecule has 6 nitrogen and oxygen atoms in total. The van der Waals surface area contributed by atoms with E-state index >= 15 is 0 Å². The van der Waals surface area contributed by atoms with Crippen molar-refractivity contribution in [2.75, 3.05) is 32.8 Å². The maximum atomic E-state index is 13.1. The van der Waals surface area contributed by atoms with Crippen molar-refractivity contribution in [2.45, 2.75) is 62.4 Å². The largest absolute Gasteiger partial charge is 0.378 e. The lowest BCUT2D eigenvalue weighted by molar-refractivity contribution is -0.133. The lowest BCUT2D eigenvalue weighted by atomic mass is 9.92. The van der Waals surface area contributed by atoms with Crippen molar-refractivity contribution in [1.29, 1.82) is 0 Å². The highest BCUT2D eigenvalue weighted by atomic mass is 32.2. The first-order valence-electron chi connectivity index (χ1n) is 10.6. The number of amides is 1. The number of nitrogens with zero attached hydrogens (tertiary/aromatic N) is 2. The maximum Gasteiger partial charge on any atom is 0.243 e. The third-order valence-electron chi connectivity index (χ3n) is 6.25. The number of carbonyl (C=O) groups is 1. The molecular formula is C21H30N2O4S. The van der Waals surface area contributed by atoms with Gasteiger partial charge in [0.1, 0.15) is 0 Å². The van der Waals surface area contributed by atoms with Crippen LogP contribution in [-0.4, -0.2) is 62.4 Å². The van der Waals surface area contributed by atoms with Gasteiger partial charge in [-0.2, -0.15) is 4.31 Å². The van der Waals surface area contributed by atoms with E-state index in [1.807, 2.05) is 12.1 Å². The number of ether oxygens (including phenoxy) is 1. The Morgan fingerprint density at radius 2 is 1.79 bits per heavy atom. The van der Waals surface area contributed by atoms with Gasteiger partial charge in [0.2, 0.25) is 15.9 Å². The van der Waals surface area contributed by atoms with Gasteiger partial charge in [0.05, 0.1) is 11.0 Å². The van der Waals surface area contributed by atoms with Crippen LogP contribution in [0.3, 0.4) is 0 Å². The Hall–Kier alpha value is -1.44. The third-order valence-corrected chi connectivity index (χ3v) is 8.15. The molecule has 1 aliphatic carbocycles. The molecule has 1 atom stereocenters. The number of benzene rings is 1. The first-order valence-corrected chi connectivity index (χ1v) is 12.0. The third kappa shape index (κ3) is 4.26. The summed E-state index contributed by atoms with van der Waals surface area (Å²) in [6.07, 6.45) is 7.92. The van der Waals surface area contributed by atoms with Crippen molar-refractivity contribution < 1.29 is 17.9 Å². The van der Waals surface area contributed by atoms with Crippen LogP contribution in [0, 0.1) is 0 Å². The molecule has 3 aliphatic rings. The van der Waals surface area contributed by atoms with Crippen LogP contribution in [0.5, 0.6) is 0 Å². The van der Waals surface area contributed by atoms with Crippen molar-refractivity contribution in [3.8, 4) is 0 Å². The molecule has 0 saturated carbocycles. The van der Waals surface area contributed by atoms with Gasteiger partial charge in [-0.15, -0.1) is 0 Å². The van der Waals surface area contributed by atoms with Gasteiger partial charge in [-0.3, -0.25) is 4.79 Å². The van der Waals surface area contributed by atoms with Crippen LogP contribution >= 0.6 is 0 Å². The molecule has 0 aromatic heterocycles. The zero-order valence-electron chi connectivity index (χ0n) is 16.4. The zero-order valence-corrected chi connectivity index (χ0v) is 17.3. The monoisotopic (exact) mass is 406 g/mol. The number of piperazine rings is 1. The van der Waals surface area contributed by atoms with Gasteiger partial charge in [-0.1, -0.05) is 6.07 Å². The summed E-state index contributed by atoms with van der Waals surface area (Å²) in [6, 6.07) is 5.59. The Kier molecular flexibility index (Phi) is 6.04. The summed E-state index contributed by atoms with van der Waals surface area (Å²) < 4.78 is 33.2. The molecule has 0 radical (unpaired) electrons. The molecule has 0 spiro atoms. The number of hydrogen-bond acceptors (Lipinski definition) is 4. The normalized spacial score (nSPS) is 23.6.